The molecular formula is C24H30N4O3. The molecule has 0 radical (unpaired) electrons. The molecule has 2 fully saturated rings. The van der Waals surface area contributed by atoms with Crippen molar-refractivity contribution < 1.29 is 14.3 Å². The minimum atomic E-state index is -0.259. The fourth-order valence-corrected chi connectivity index (χ4v) is 4.63. The summed E-state index contributed by atoms with van der Waals surface area (Å²) in [6.07, 6.45) is 7.78. The first-order chi connectivity index (χ1) is 15.1. The predicted octanol–water partition coefficient (Wildman–Crippen LogP) is 3.94. The average molecular weight is 423 g/mol. The van der Waals surface area contributed by atoms with Gasteiger partial charge >= 0.3 is 0 Å². The van der Waals surface area contributed by atoms with Crippen molar-refractivity contribution in [2.24, 2.45) is 5.92 Å². The summed E-state index contributed by atoms with van der Waals surface area (Å²) in [4.78, 5) is 36.6. The van der Waals surface area contributed by atoms with Gasteiger partial charge in [0.25, 0.3) is 5.91 Å². The van der Waals surface area contributed by atoms with Gasteiger partial charge in [-0.3, -0.25) is 9.59 Å². The molecular weight excluding hydrogens is 392 g/mol. The molecule has 2 aromatic rings. The second-order valence-corrected chi connectivity index (χ2v) is 8.46. The quantitative estimate of drug-likeness (QED) is 0.789. The number of piperidine rings is 1. The number of anilines is 1. The van der Waals surface area contributed by atoms with Gasteiger partial charge in [0.2, 0.25) is 5.91 Å². The van der Waals surface area contributed by atoms with E-state index in [0.717, 1.165) is 44.6 Å². The Labute approximate surface area is 183 Å². The number of benzene rings is 1. The topological polar surface area (TPSA) is 84.4 Å². The first-order valence-electron chi connectivity index (χ1n) is 11.1. The van der Waals surface area contributed by atoms with Crippen LogP contribution >= 0.6 is 0 Å². The van der Waals surface area contributed by atoms with E-state index < -0.39 is 0 Å². The number of aromatic nitrogens is 2. The number of carbonyl (C=O) groups excluding carboxylic acids is 2. The largest absolute Gasteiger partial charge is 0.495 e. The Balaban J connectivity index is 1.38. The predicted molar refractivity (Wildman–Crippen MR) is 118 cm³/mol. The SMILES string of the molecule is COc1ccccc1NC(=O)c1cnc(C2CCN(C(=O)C3CCCC3)CC2)nc1C. The van der Waals surface area contributed by atoms with Crippen LogP contribution in [0.25, 0.3) is 0 Å². The molecule has 1 N–H and O–H groups in total. The lowest BCUT2D eigenvalue weighted by atomic mass is 9.94. The van der Waals surface area contributed by atoms with Crippen LogP contribution in [-0.2, 0) is 4.79 Å². The summed E-state index contributed by atoms with van der Waals surface area (Å²) < 4.78 is 5.29. The van der Waals surface area contributed by atoms with E-state index in [2.05, 4.69) is 15.3 Å². The van der Waals surface area contributed by atoms with Crippen LogP contribution in [0.4, 0.5) is 5.69 Å². The zero-order valence-electron chi connectivity index (χ0n) is 18.3. The van der Waals surface area contributed by atoms with Crippen molar-refractivity contribution in [3.8, 4) is 5.75 Å². The number of methoxy groups -OCH3 is 1. The van der Waals surface area contributed by atoms with Gasteiger partial charge in [-0.2, -0.15) is 0 Å². The van der Waals surface area contributed by atoms with E-state index in [-0.39, 0.29) is 17.7 Å². The highest BCUT2D eigenvalue weighted by molar-refractivity contribution is 6.05. The third-order valence-electron chi connectivity index (χ3n) is 6.47. The maximum absolute atomic E-state index is 12.7. The number of nitrogens with one attached hydrogen (secondary N) is 1. The molecule has 2 aliphatic rings. The summed E-state index contributed by atoms with van der Waals surface area (Å²) in [7, 11) is 1.57. The summed E-state index contributed by atoms with van der Waals surface area (Å²) >= 11 is 0. The molecule has 31 heavy (non-hydrogen) atoms. The second-order valence-electron chi connectivity index (χ2n) is 8.46. The van der Waals surface area contributed by atoms with Gasteiger partial charge in [-0.25, -0.2) is 9.97 Å². The van der Waals surface area contributed by atoms with Gasteiger partial charge in [-0.1, -0.05) is 25.0 Å². The lowest BCUT2D eigenvalue weighted by Gasteiger charge is -2.33. The molecule has 1 aromatic heterocycles. The summed E-state index contributed by atoms with van der Waals surface area (Å²) in [5, 5.41) is 2.87. The number of hydrogen-bond donors (Lipinski definition) is 1. The monoisotopic (exact) mass is 422 g/mol. The summed E-state index contributed by atoms with van der Waals surface area (Å²) in [6.45, 7) is 3.36. The third-order valence-corrected chi connectivity index (χ3v) is 6.47. The smallest absolute Gasteiger partial charge is 0.259 e. The standard InChI is InChI=1S/C24H30N4O3/c1-16-19(23(29)27-20-9-5-6-10-21(20)31-2)15-25-22(26-16)17-11-13-28(14-12-17)24(30)18-7-3-4-8-18/h5-6,9-10,15,17-18H,3-4,7-8,11-14H2,1-2H3,(H,27,29). The Hall–Kier alpha value is -2.96. The third kappa shape index (κ3) is 4.70. The highest BCUT2D eigenvalue weighted by Gasteiger charge is 2.31. The minimum Gasteiger partial charge on any atom is -0.495 e. The Morgan fingerprint density at radius 3 is 2.48 bits per heavy atom. The molecule has 0 bridgehead atoms. The molecule has 1 aliphatic carbocycles. The molecule has 1 aliphatic heterocycles. The van der Waals surface area contributed by atoms with Crippen molar-refractivity contribution in [3.05, 3.63) is 47.5 Å². The molecule has 2 amide bonds. The molecule has 1 aromatic carbocycles. The molecule has 0 unspecified atom stereocenters. The molecule has 7 nitrogen and oxygen atoms in total. The number of nitrogens with zero attached hydrogens (tertiary/aromatic N) is 3. The number of carbonyl (C=O) groups is 2. The van der Waals surface area contributed by atoms with E-state index in [1.165, 1.54) is 12.8 Å². The van der Waals surface area contributed by atoms with Crippen molar-refractivity contribution in [2.45, 2.75) is 51.4 Å². The van der Waals surface area contributed by atoms with E-state index in [0.29, 0.717) is 28.6 Å². The lowest BCUT2D eigenvalue weighted by molar-refractivity contribution is -0.136. The molecule has 7 heteroatoms. The Morgan fingerprint density at radius 1 is 1.10 bits per heavy atom. The van der Waals surface area contributed by atoms with Crippen LogP contribution in [0.5, 0.6) is 5.75 Å². The maximum atomic E-state index is 12.7. The van der Waals surface area contributed by atoms with E-state index >= 15 is 0 Å². The average Bonchev–Trinajstić information content (AvgIpc) is 3.34. The number of amides is 2. The first kappa shape index (κ1) is 21.3. The van der Waals surface area contributed by atoms with Gasteiger partial charge in [-0.05, 0) is 44.7 Å². The fourth-order valence-electron chi connectivity index (χ4n) is 4.63. The van der Waals surface area contributed by atoms with Crippen molar-refractivity contribution >= 4 is 17.5 Å². The second kappa shape index (κ2) is 9.45. The first-order valence-corrected chi connectivity index (χ1v) is 11.1. The van der Waals surface area contributed by atoms with E-state index in [1.54, 1.807) is 25.4 Å². The normalized spacial score (nSPS) is 17.5. The van der Waals surface area contributed by atoms with Crippen LogP contribution in [0.3, 0.4) is 0 Å². The van der Waals surface area contributed by atoms with Gasteiger partial charge in [0.15, 0.2) is 0 Å². The molecule has 0 spiro atoms. The van der Waals surface area contributed by atoms with E-state index in [9.17, 15) is 9.59 Å². The fraction of sp³-hybridized carbons (Fsp3) is 0.500. The molecule has 1 saturated heterocycles. The molecule has 4 rings (SSSR count). The van der Waals surface area contributed by atoms with Crippen molar-refractivity contribution in [3.63, 3.8) is 0 Å². The van der Waals surface area contributed by atoms with Crippen LogP contribution in [0, 0.1) is 12.8 Å². The summed E-state index contributed by atoms with van der Waals surface area (Å²) in [5.41, 5.74) is 1.71. The maximum Gasteiger partial charge on any atom is 0.259 e. The highest BCUT2D eigenvalue weighted by atomic mass is 16.5. The lowest BCUT2D eigenvalue weighted by Crippen LogP contribution is -2.41. The van der Waals surface area contributed by atoms with Gasteiger partial charge in [0, 0.05) is 31.1 Å². The van der Waals surface area contributed by atoms with Gasteiger partial charge < -0.3 is 15.0 Å². The van der Waals surface area contributed by atoms with Crippen molar-refractivity contribution in [1.82, 2.24) is 14.9 Å². The Bertz CT molecular complexity index is 948. The van der Waals surface area contributed by atoms with Crippen LogP contribution < -0.4 is 10.1 Å². The Kier molecular flexibility index (Phi) is 6.49. The van der Waals surface area contributed by atoms with Crippen molar-refractivity contribution in [2.75, 3.05) is 25.5 Å². The van der Waals surface area contributed by atoms with Crippen LogP contribution in [0.2, 0.25) is 0 Å². The van der Waals surface area contributed by atoms with Gasteiger partial charge in [0.1, 0.15) is 11.6 Å². The van der Waals surface area contributed by atoms with Gasteiger partial charge in [-0.15, -0.1) is 0 Å². The van der Waals surface area contributed by atoms with Crippen molar-refractivity contribution in [1.29, 1.82) is 0 Å². The van der Waals surface area contributed by atoms with Crippen LogP contribution in [0.1, 0.15) is 66.3 Å². The number of rotatable bonds is 5. The zero-order chi connectivity index (χ0) is 21.8. The van der Waals surface area contributed by atoms with Gasteiger partial charge in [0.05, 0.1) is 24.1 Å². The summed E-state index contributed by atoms with van der Waals surface area (Å²) in [5.74, 6) is 1.89. The molecule has 0 atom stereocenters. The number of likely N-dealkylation sites (tertiary alicyclic amines) is 1. The Morgan fingerprint density at radius 2 is 1.81 bits per heavy atom. The zero-order valence-corrected chi connectivity index (χ0v) is 18.3. The molecule has 164 valence electrons. The number of aryl methyl sites for hydroxylation is 1. The van der Waals surface area contributed by atoms with Crippen LogP contribution in [0.15, 0.2) is 30.5 Å². The summed E-state index contributed by atoms with van der Waals surface area (Å²) in [6, 6.07) is 7.28. The minimum absolute atomic E-state index is 0.220. The molecule has 1 saturated carbocycles. The number of hydrogen-bond acceptors (Lipinski definition) is 5. The van der Waals surface area contributed by atoms with E-state index in [1.807, 2.05) is 24.0 Å². The molecule has 2 heterocycles. The number of ether oxygens (including phenoxy) is 1. The van der Waals surface area contributed by atoms with Crippen LogP contribution in [-0.4, -0.2) is 46.9 Å². The number of para-hydroxylation sites is 2. The highest BCUT2D eigenvalue weighted by Crippen LogP contribution is 2.31. The van der Waals surface area contributed by atoms with E-state index in [4.69, 9.17) is 4.74 Å².